The zero-order valence-corrected chi connectivity index (χ0v) is 17.3. The molecule has 0 aliphatic heterocycles. The van der Waals surface area contributed by atoms with Gasteiger partial charge in [-0.1, -0.05) is 23.5 Å². The van der Waals surface area contributed by atoms with Gasteiger partial charge >= 0.3 is 27.3 Å². The van der Waals surface area contributed by atoms with Gasteiger partial charge in [0.15, 0.2) is 0 Å². The molecule has 3 rings (SSSR count). The number of alkyl halides is 2. The number of aromatic nitrogens is 1. The van der Waals surface area contributed by atoms with Crippen LogP contribution in [0.2, 0.25) is 0 Å². The number of ether oxygens (including phenoxy) is 2. The van der Waals surface area contributed by atoms with Gasteiger partial charge in [0, 0.05) is 28.5 Å². The highest BCUT2D eigenvalue weighted by atomic mass is 32.2. The van der Waals surface area contributed by atoms with Gasteiger partial charge in [0.1, 0.15) is 19.3 Å². The minimum atomic E-state index is -6.11. The molecule has 2 aliphatic rings. The third-order valence-electron chi connectivity index (χ3n) is 4.87. The molecule has 14 heteroatoms. The number of hydrogen-bond acceptors (Lipinski definition) is 10. The molecule has 176 valence electrons. The van der Waals surface area contributed by atoms with Crippen LogP contribution in [0.5, 0.6) is 11.8 Å². The Kier molecular flexibility index (Phi) is 5.95. The maximum Gasteiger partial charge on any atom is 0.478 e. The fraction of sp³-hybridized carbons (Fsp3) is 0.444. The van der Waals surface area contributed by atoms with Crippen LogP contribution in [-0.4, -0.2) is 65.0 Å². The number of aliphatic hydroxyl groups is 1. The van der Waals surface area contributed by atoms with Crippen LogP contribution < -0.4 is 4.28 Å². The number of carbonyl (C=O) groups is 2. The second kappa shape index (κ2) is 8.09. The Morgan fingerprint density at radius 3 is 2.19 bits per heavy atom. The number of esters is 2. The lowest BCUT2D eigenvalue weighted by Gasteiger charge is -2.18. The van der Waals surface area contributed by atoms with E-state index >= 15 is 0 Å². The molecular weight excluding hydrogens is 460 g/mol. The molecule has 0 radical (unpaired) electrons. The van der Waals surface area contributed by atoms with E-state index in [1.165, 1.54) is 6.92 Å². The maximum atomic E-state index is 14.2. The molecule has 11 nitrogen and oxygen atoms in total. The first-order valence-corrected chi connectivity index (χ1v) is 10.5. The Hall–Kier alpha value is -3.13. The average molecular weight is 479 g/mol. The second-order valence-corrected chi connectivity index (χ2v) is 8.85. The summed E-state index contributed by atoms with van der Waals surface area (Å²) in [5.74, 6) is -5.96. The van der Waals surface area contributed by atoms with E-state index in [1.807, 2.05) is 0 Å². The molecular formula is C18H19F2NO10S. The number of halogens is 2. The third kappa shape index (κ3) is 3.90. The minimum absolute atomic E-state index is 0.00440. The van der Waals surface area contributed by atoms with Crippen molar-refractivity contribution in [2.75, 3.05) is 13.2 Å². The first-order valence-electron chi connectivity index (χ1n) is 9.13. The van der Waals surface area contributed by atoms with E-state index in [1.54, 1.807) is 12.2 Å². The van der Waals surface area contributed by atoms with Gasteiger partial charge in [-0.05, 0) is 13.3 Å². The largest absolute Gasteiger partial charge is 0.492 e. The van der Waals surface area contributed by atoms with Crippen LogP contribution in [-0.2, 0) is 29.2 Å². The van der Waals surface area contributed by atoms with Gasteiger partial charge in [-0.2, -0.15) is 17.2 Å². The highest BCUT2D eigenvalue weighted by molar-refractivity contribution is 7.88. The summed E-state index contributed by atoms with van der Waals surface area (Å²) in [4.78, 5) is 22.9. The lowest BCUT2D eigenvalue weighted by Crippen LogP contribution is -2.45. The second-order valence-electron chi connectivity index (χ2n) is 7.28. The van der Waals surface area contributed by atoms with Gasteiger partial charge in [-0.15, -0.1) is 0 Å². The molecule has 2 aliphatic carbocycles. The van der Waals surface area contributed by atoms with Crippen LogP contribution in [0, 0.1) is 0 Å². The van der Waals surface area contributed by atoms with Crippen molar-refractivity contribution >= 4 is 22.1 Å². The molecule has 0 aromatic carbocycles. The summed E-state index contributed by atoms with van der Waals surface area (Å²) < 4.78 is 65.2. The van der Waals surface area contributed by atoms with E-state index in [0.29, 0.717) is 6.42 Å². The molecule has 0 spiro atoms. The van der Waals surface area contributed by atoms with Gasteiger partial charge in [0.2, 0.25) is 11.8 Å². The predicted molar refractivity (Wildman–Crippen MR) is 100 cm³/mol. The van der Waals surface area contributed by atoms with Crippen molar-refractivity contribution < 1.29 is 55.9 Å². The van der Waals surface area contributed by atoms with Crippen molar-refractivity contribution in [3.8, 4) is 11.8 Å². The van der Waals surface area contributed by atoms with Crippen molar-refractivity contribution in [1.29, 1.82) is 0 Å². The van der Waals surface area contributed by atoms with E-state index < -0.39 is 58.4 Å². The summed E-state index contributed by atoms with van der Waals surface area (Å²) in [6, 6.07) is 0. The van der Waals surface area contributed by atoms with Crippen LogP contribution in [0.1, 0.15) is 36.3 Å². The quantitative estimate of drug-likeness (QED) is 0.257. The molecule has 1 aromatic heterocycles. The zero-order chi connectivity index (χ0) is 24.0. The maximum absolute atomic E-state index is 14.2. The summed E-state index contributed by atoms with van der Waals surface area (Å²) in [6.45, 7) is 2.73. The number of carbonyl (C=O) groups excluding carboxylic acids is 2. The molecule has 0 fully saturated rings. The highest BCUT2D eigenvalue weighted by Gasteiger charge is 2.58. The number of hydrogen-bond donors (Lipinski definition) is 3. The number of allylic oxidation sites excluding steroid dienone is 2. The molecule has 3 atom stereocenters. The van der Waals surface area contributed by atoms with Gasteiger partial charge in [0.05, 0.1) is 0 Å². The summed E-state index contributed by atoms with van der Waals surface area (Å²) >= 11 is 0. The van der Waals surface area contributed by atoms with Crippen molar-refractivity contribution in [2.45, 2.75) is 36.5 Å². The lowest BCUT2D eigenvalue weighted by molar-refractivity contribution is -0.166. The van der Waals surface area contributed by atoms with E-state index in [9.17, 15) is 42.1 Å². The lowest BCUT2D eigenvalue weighted by atomic mass is 10.0. The van der Waals surface area contributed by atoms with E-state index in [0.717, 1.165) is 0 Å². The summed E-state index contributed by atoms with van der Waals surface area (Å²) in [5.41, 5.74) is 0.280. The molecule has 3 unspecified atom stereocenters. The van der Waals surface area contributed by atoms with Crippen LogP contribution in [0.15, 0.2) is 24.3 Å². The molecule has 0 saturated heterocycles. The fourth-order valence-corrected chi connectivity index (χ4v) is 4.03. The van der Waals surface area contributed by atoms with Crippen LogP contribution in [0.4, 0.5) is 8.78 Å². The van der Waals surface area contributed by atoms with Crippen molar-refractivity contribution in [2.24, 2.45) is 0 Å². The molecule has 3 N–H and O–H groups in total. The van der Waals surface area contributed by atoms with Crippen LogP contribution in [0.3, 0.4) is 0 Å². The Balaban J connectivity index is 1.67. The number of nitrogens with zero attached hydrogens (tertiary/aromatic N) is 1. The van der Waals surface area contributed by atoms with Gasteiger partial charge in [-0.3, -0.25) is 4.28 Å². The normalized spacial score (nSPS) is 20.0. The summed E-state index contributed by atoms with van der Waals surface area (Å²) in [6.07, 6.45) is 2.20. The predicted octanol–water partition coefficient (Wildman–Crippen LogP) is 0.415. The monoisotopic (exact) mass is 479 g/mol. The first kappa shape index (κ1) is 23.5. The smallest absolute Gasteiger partial charge is 0.478 e. The Labute approximate surface area is 180 Å². The Morgan fingerprint density at radius 1 is 1.19 bits per heavy atom. The minimum Gasteiger partial charge on any atom is -0.492 e. The third-order valence-corrected chi connectivity index (χ3v) is 6.01. The number of rotatable bonds is 9. The van der Waals surface area contributed by atoms with E-state index in [4.69, 9.17) is 0 Å². The topological polar surface area (TPSA) is 162 Å². The standard InChI is InChI=1S/C18H19F2NO10S/c1-8(2)16(25)29-6-11(22)7-30-17(26)18(19,20)32(27,28)31-21-14(23)12-9-3-4-10(5-9)13(12)15(21)24/h3-4,9-11,22-24H,1,5-7H2,2H3. The molecule has 1 aromatic rings. The van der Waals surface area contributed by atoms with Gasteiger partial charge < -0.3 is 24.8 Å². The van der Waals surface area contributed by atoms with Crippen molar-refractivity contribution in [1.82, 2.24) is 4.73 Å². The van der Waals surface area contributed by atoms with Crippen LogP contribution in [0.25, 0.3) is 0 Å². The number of aromatic hydroxyl groups is 2. The summed E-state index contributed by atoms with van der Waals surface area (Å²) in [7, 11) is -6.11. The van der Waals surface area contributed by atoms with E-state index in [-0.39, 0.29) is 33.3 Å². The zero-order valence-electron chi connectivity index (χ0n) is 16.5. The average Bonchev–Trinajstić information content (AvgIpc) is 3.39. The molecule has 0 saturated carbocycles. The fourth-order valence-electron chi connectivity index (χ4n) is 3.33. The Morgan fingerprint density at radius 2 is 1.69 bits per heavy atom. The summed E-state index contributed by atoms with van der Waals surface area (Å²) in [5, 5.41) is 24.6. The van der Waals surface area contributed by atoms with Gasteiger partial charge in [-0.25, -0.2) is 9.59 Å². The SMILES string of the molecule is C=C(C)C(=O)OCC(O)COC(=O)C(F)(F)S(=O)(=O)On1c(O)c2c(c1O)C1C=CC2C1. The molecule has 0 amide bonds. The highest BCUT2D eigenvalue weighted by Crippen LogP contribution is 2.56. The Bertz CT molecular complexity index is 1070. The van der Waals surface area contributed by atoms with Crippen LogP contribution >= 0.6 is 0 Å². The van der Waals surface area contributed by atoms with Crippen molar-refractivity contribution in [3.05, 3.63) is 35.4 Å². The first-order chi connectivity index (χ1) is 14.8. The number of fused-ring (bicyclic) bond motifs is 5. The van der Waals surface area contributed by atoms with Crippen molar-refractivity contribution in [3.63, 3.8) is 0 Å². The van der Waals surface area contributed by atoms with E-state index in [2.05, 4.69) is 20.3 Å². The molecule has 1 heterocycles. The molecule has 32 heavy (non-hydrogen) atoms. The molecule has 2 bridgehead atoms. The van der Waals surface area contributed by atoms with Gasteiger partial charge in [0.25, 0.3) is 0 Å². The number of aliphatic hydroxyl groups excluding tert-OH is 1.